The monoisotopic (exact) mass is 399 g/mol. The third kappa shape index (κ3) is 3.94. The van der Waals surface area contributed by atoms with E-state index in [1.807, 2.05) is 31.2 Å². The van der Waals surface area contributed by atoms with Crippen molar-refractivity contribution in [1.29, 1.82) is 0 Å². The molecule has 1 aliphatic heterocycles. The highest BCUT2D eigenvalue weighted by molar-refractivity contribution is 7.22. The van der Waals surface area contributed by atoms with E-state index in [4.69, 9.17) is 4.74 Å². The van der Waals surface area contributed by atoms with E-state index in [0.717, 1.165) is 34.7 Å². The lowest BCUT2D eigenvalue weighted by Crippen LogP contribution is -2.40. The maximum Gasteiger partial charge on any atom is 0.229 e. The first kappa shape index (κ1) is 18.7. The van der Waals surface area contributed by atoms with Gasteiger partial charge in [0.1, 0.15) is 11.6 Å². The Hall–Kier alpha value is -2.67. The van der Waals surface area contributed by atoms with Gasteiger partial charge in [-0.1, -0.05) is 23.5 Å². The summed E-state index contributed by atoms with van der Waals surface area (Å²) in [7, 11) is 0. The minimum absolute atomic E-state index is 0.0102. The van der Waals surface area contributed by atoms with Crippen LogP contribution in [0.3, 0.4) is 0 Å². The van der Waals surface area contributed by atoms with Gasteiger partial charge < -0.3 is 15.0 Å². The van der Waals surface area contributed by atoms with E-state index in [9.17, 15) is 9.18 Å². The summed E-state index contributed by atoms with van der Waals surface area (Å²) < 4.78 is 19.9. The third-order valence-electron chi connectivity index (χ3n) is 4.85. The minimum atomic E-state index is -0.258. The molecule has 2 aromatic carbocycles. The van der Waals surface area contributed by atoms with Gasteiger partial charge in [0, 0.05) is 13.1 Å². The van der Waals surface area contributed by atoms with Gasteiger partial charge >= 0.3 is 0 Å². The van der Waals surface area contributed by atoms with E-state index in [2.05, 4.69) is 15.2 Å². The zero-order valence-electron chi connectivity index (χ0n) is 15.7. The normalized spacial score (nSPS) is 16.9. The molecular formula is C21H22FN3O2S. The van der Waals surface area contributed by atoms with E-state index >= 15 is 0 Å². The molecule has 0 radical (unpaired) electrons. The van der Waals surface area contributed by atoms with Crippen LogP contribution in [0, 0.1) is 11.7 Å². The summed E-state index contributed by atoms with van der Waals surface area (Å²) >= 11 is 1.47. The Bertz CT molecular complexity index is 991. The molecule has 7 heteroatoms. The summed E-state index contributed by atoms with van der Waals surface area (Å²) in [4.78, 5) is 19.6. The lowest BCUT2D eigenvalue weighted by molar-refractivity contribution is -0.120. The van der Waals surface area contributed by atoms with Gasteiger partial charge in [0.2, 0.25) is 5.91 Å². The number of rotatable bonds is 5. The van der Waals surface area contributed by atoms with Crippen LogP contribution >= 0.6 is 11.3 Å². The first-order valence-electron chi connectivity index (χ1n) is 9.48. The van der Waals surface area contributed by atoms with Crippen molar-refractivity contribution in [3.05, 3.63) is 48.3 Å². The molecule has 0 aliphatic carbocycles. The number of carbonyl (C=O) groups is 1. The number of ether oxygens (including phenoxy) is 1. The number of thiazole rings is 1. The molecule has 1 N–H and O–H groups in total. The van der Waals surface area contributed by atoms with Crippen molar-refractivity contribution in [1.82, 2.24) is 4.98 Å². The first-order chi connectivity index (χ1) is 13.6. The van der Waals surface area contributed by atoms with Crippen molar-refractivity contribution in [3.8, 4) is 5.75 Å². The Kier molecular flexibility index (Phi) is 5.43. The highest BCUT2D eigenvalue weighted by atomic mass is 32.1. The number of fused-ring (bicyclic) bond motifs is 1. The zero-order valence-corrected chi connectivity index (χ0v) is 16.5. The molecule has 1 unspecified atom stereocenters. The van der Waals surface area contributed by atoms with E-state index in [1.165, 1.54) is 23.5 Å². The number of aromatic nitrogens is 1. The number of para-hydroxylation sites is 2. The molecule has 1 aliphatic rings. The van der Waals surface area contributed by atoms with Crippen molar-refractivity contribution in [2.75, 3.05) is 29.9 Å². The smallest absolute Gasteiger partial charge is 0.229 e. The number of hydrogen-bond acceptors (Lipinski definition) is 5. The number of amides is 1. The molecule has 0 saturated carbocycles. The largest absolute Gasteiger partial charge is 0.492 e. The molecular weight excluding hydrogens is 377 g/mol. The van der Waals surface area contributed by atoms with Crippen LogP contribution in [0.2, 0.25) is 0 Å². The van der Waals surface area contributed by atoms with Gasteiger partial charge in [-0.15, -0.1) is 0 Å². The molecule has 0 spiro atoms. The summed E-state index contributed by atoms with van der Waals surface area (Å²) in [6, 6.07) is 12.1. The second-order valence-corrected chi connectivity index (χ2v) is 7.82. The molecule has 1 fully saturated rings. The fourth-order valence-electron chi connectivity index (χ4n) is 3.47. The molecule has 3 aromatic rings. The van der Waals surface area contributed by atoms with Crippen LogP contribution in [0.4, 0.5) is 15.2 Å². The number of piperidine rings is 1. The molecule has 1 saturated heterocycles. The molecule has 146 valence electrons. The first-order valence-corrected chi connectivity index (χ1v) is 10.3. The molecule has 2 heterocycles. The van der Waals surface area contributed by atoms with Gasteiger partial charge in [0.25, 0.3) is 0 Å². The second kappa shape index (κ2) is 8.14. The van der Waals surface area contributed by atoms with Crippen molar-refractivity contribution >= 4 is 38.3 Å². The highest BCUT2D eigenvalue weighted by Gasteiger charge is 2.28. The Labute approximate surface area is 167 Å². The van der Waals surface area contributed by atoms with Gasteiger partial charge in [0.15, 0.2) is 5.13 Å². The van der Waals surface area contributed by atoms with Crippen LogP contribution in [0.1, 0.15) is 19.8 Å². The van der Waals surface area contributed by atoms with Crippen LogP contribution in [-0.2, 0) is 4.79 Å². The van der Waals surface area contributed by atoms with Gasteiger partial charge in [-0.05, 0) is 50.1 Å². The SMILES string of the molecule is CCOc1ccccc1NC(=O)C1CCCN(c2nc3ccc(F)cc3s2)C1. The molecule has 1 atom stereocenters. The van der Waals surface area contributed by atoms with Gasteiger partial charge in [-0.2, -0.15) is 0 Å². The summed E-state index contributed by atoms with van der Waals surface area (Å²) in [6.45, 7) is 3.91. The van der Waals surface area contributed by atoms with Crippen LogP contribution in [0.5, 0.6) is 5.75 Å². The van der Waals surface area contributed by atoms with E-state index in [1.54, 1.807) is 6.07 Å². The summed E-state index contributed by atoms with van der Waals surface area (Å²) in [5.41, 5.74) is 1.49. The number of carbonyl (C=O) groups excluding carboxylic acids is 1. The van der Waals surface area contributed by atoms with Crippen molar-refractivity contribution in [2.24, 2.45) is 5.92 Å². The highest BCUT2D eigenvalue weighted by Crippen LogP contribution is 2.32. The fraction of sp³-hybridized carbons (Fsp3) is 0.333. The Morgan fingerprint density at radius 1 is 1.36 bits per heavy atom. The maximum atomic E-state index is 13.5. The predicted octanol–water partition coefficient (Wildman–Crippen LogP) is 4.69. The third-order valence-corrected chi connectivity index (χ3v) is 5.93. The summed E-state index contributed by atoms with van der Waals surface area (Å²) in [5, 5.41) is 3.85. The summed E-state index contributed by atoms with van der Waals surface area (Å²) in [6.07, 6.45) is 1.74. The molecule has 0 bridgehead atoms. The quantitative estimate of drug-likeness (QED) is 0.676. The van der Waals surface area contributed by atoms with Crippen molar-refractivity contribution in [2.45, 2.75) is 19.8 Å². The fourth-order valence-corrected chi connectivity index (χ4v) is 4.50. The van der Waals surface area contributed by atoms with E-state index < -0.39 is 0 Å². The molecule has 1 amide bonds. The Morgan fingerprint density at radius 2 is 2.21 bits per heavy atom. The maximum absolute atomic E-state index is 13.5. The Morgan fingerprint density at radius 3 is 3.07 bits per heavy atom. The lowest BCUT2D eigenvalue weighted by atomic mass is 9.97. The molecule has 28 heavy (non-hydrogen) atoms. The molecule has 5 nitrogen and oxygen atoms in total. The number of hydrogen-bond donors (Lipinski definition) is 1. The van der Waals surface area contributed by atoms with Crippen LogP contribution in [0.25, 0.3) is 10.2 Å². The van der Waals surface area contributed by atoms with Crippen LogP contribution in [-0.4, -0.2) is 30.6 Å². The summed E-state index contributed by atoms with van der Waals surface area (Å²) in [5.74, 6) is 0.280. The number of anilines is 2. The van der Waals surface area contributed by atoms with E-state index in [0.29, 0.717) is 24.6 Å². The number of benzene rings is 2. The average Bonchev–Trinajstić information content (AvgIpc) is 3.13. The second-order valence-electron chi connectivity index (χ2n) is 6.81. The van der Waals surface area contributed by atoms with Crippen molar-refractivity contribution < 1.29 is 13.9 Å². The van der Waals surface area contributed by atoms with Crippen LogP contribution in [0.15, 0.2) is 42.5 Å². The van der Waals surface area contributed by atoms with Crippen molar-refractivity contribution in [3.63, 3.8) is 0 Å². The predicted molar refractivity (Wildman–Crippen MR) is 111 cm³/mol. The number of halogens is 1. The van der Waals surface area contributed by atoms with Gasteiger partial charge in [-0.25, -0.2) is 9.37 Å². The zero-order chi connectivity index (χ0) is 19.5. The number of nitrogens with zero attached hydrogens (tertiary/aromatic N) is 2. The topological polar surface area (TPSA) is 54.5 Å². The van der Waals surface area contributed by atoms with Gasteiger partial charge in [0.05, 0.1) is 28.4 Å². The van der Waals surface area contributed by atoms with Crippen LogP contribution < -0.4 is 15.0 Å². The lowest BCUT2D eigenvalue weighted by Gasteiger charge is -2.31. The minimum Gasteiger partial charge on any atom is -0.492 e. The molecule has 4 rings (SSSR count). The average molecular weight is 399 g/mol. The Balaban J connectivity index is 1.48. The van der Waals surface area contributed by atoms with E-state index in [-0.39, 0.29) is 17.6 Å². The standard InChI is InChI=1S/C21H22FN3O2S/c1-2-27-18-8-4-3-7-16(18)23-20(26)14-6-5-11-25(13-14)21-24-17-10-9-15(22)12-19(17)28-21/h3-4,7-10,12,14H,2,5-6,11,13H2,1H3,(H,23,26). The number of nitrogens with one attached hydrogen (secondary N) is 1. The molecule has 1 aromatic heterocycles. The van der Waals surface area contributed by atoms with Gasteiger partial charge in [-0.3, -0.25) is 4.79 Å².